The molecule has 6 nitrogen and oxygen atoms in total. The van der Waals surface area contributed by atoms with E-state index in [1.165, 1.54) is 13.2 Å². The molecule has 0 aliphatic carbocycles. The van der Waals surface area contributed by atoms with E-state index >= 15 is 0 Å². The average Bonchev–Trinajstić information content (AvgIpc) is 2.93. The third-order valence-electron chi connectivity index (χ3n) is 3.77. The number of ether oxygens (including phenoxy) is 2. The highest BCUT2D eigenvalue weighted by Crippen LogP contribution is 2.33. The van der Waals surface area contributed by atoms with Crippen molar-refractivity contribution < 1.29 is 18.8 Å². The van der Waals surface area contributed by atoms with Crippen LogP contribution in [0, 0.1) is 21.8 Å². The zero-order valence-electron chi connectivity index (χ0n) is 12.1. The van der Waals surface area contributed by atoms with Crippen LogP contribution in [0.15, 0.2) is 12.1 Å². The first-order valence-electron chi connectivity index (χ1n) is 6.94. The van der Waals surface area contributed by atoms with Gasteiger partial charge < -0.3 is 14.8 Å². The molecule has 1 aromatic rings. The molecular weight excluding hydrogens is 279 g/mol. The Morgan fingerprint density at radius 3 is 2.95 bits per heavy atom. The summed E-state index contributed by atoms with van der Waals surface area (Å²) < 4.78 is 24.5. The summed E-state index contributed by atoms with van der Waals surface area (Å²) >= 11 is 0. The van der Waals surface area contributed by atoms with Gasteiger partial charge in [-0.15, -0.1) is 0 Å². The number of nitrogens with zero attached hydrogens (tertiary/aromatic N) is 1. The van der Waals surface area contributed by atoms with Crippen molar-refractivity contribution in [2.24, 2.45) is 5.92 Å². The Morgan fingerprint density at radius 1 is 1.57 bits per heavy atom. The molecule has 1 aromatic carbocycles. The summed E-state index contributed by atoms with van der Waals surface area (Å²) in [5.41, 5.74) is -0.171. The lowest BCUT2D eigenvalue weighted by Gasteiger charge is -2.18. The molecule has 2 atom stereocenters. The van der Waals surface area contributed by atoms with Gasteiger partial charge in [-0.05, 0) is 12.8 Å². The monoisotopic (exact) mass is 298 g/mol. The van der Waals surface area contributed by atoms with E-state index in [1.807, 2.05) is 0 Å². The van der Waals surface area contributed by atoms with Crippen LogP contribution in [0.5, 0.6) is 5.75 Å². The van der Waals surface area contributed by atoms with E-state index < -0.39 is 10.7 Å². The molecule has 1 aliphatic heterocycles. The molecule has 116 valence electrons. The van der Waals surface area contributed by atoms with Crippen LogP contribution in [-0.2, 0) is 4.74 Å². The number of benzene rings is 1. The van der Waals surface area contributed by atoms with Crippen LogP contribution in [0.1, 0.15) is 19.8 Å². The Hall–Kier alpha value is -1.89. The van der Waals surface area contributed by atoms with Crippen molar-refractivity contribution in [2.75, 3.05) is 25.6 Å². The Morgan fingerprint density at radius 2 is 2.33 bits per heavy atom. The fourth-order valence-corrected chi connectivity index (χ4v) is 2.60. The fraction of sp³-hybridized carbons (Fsp3) is 0.571. The maximum Gasteiger partial charge on any atom is 0.313 e. The lowest BCUT2D eigenvalue weighted by Crippen LogP contribution is -2.23. The van der Waals surface area contributed by atoms with E-state index in [2.05, 4.69) is 12.2 Å². The Balaban J connectivity index is 2.11. The predicted molar refractivity (Wildman–Crippen MR) is 76.2 cm³/mol. The summed E-state index contributed by atoms with van der Waals surface area (Å²) in [6.45, 7) is 3.34. The molecule has 0 bridgehead atoms. The molecule has 0 aromatic heterocycles. The molecule has 0 saturated carbocycles. The number of halogens is 1. The van der Waals surface area contributed by atoms with Gasteiger partial charge in [0.1, 0.15) is 0 Å². The number of rotatable bonds is 6. The SMILES string of the molecule is CCC1OCCC1CNc1cc(OC)c([N+](=O)[O-])cc1F. The van der Waals surface area contributed by atoms with Crippen molar-refractivity contribution >= 4 is 11.4 Å². The van der Waals surface area contributed by atoms with Crippen molar-refractivity contribution in [1.29, 1.82) is 0 Å². The Kier molecular flexibility index (Phi) is 4.95. The molecule has 21 heavy (non-hydrogen) atoms. The quantitative estimate of drug-likeness (QED) is 0.645. The van der Waals surface area contributed by atoms with Crippen molar-refractivity contribution in [1.82, 2.24) is 0 Å². The molecular formula is C14H19FN2O4. The van der Waals surface area contributed by atoms with E-state index in [1.54, 1.807) is 0 Å². The van der Waals surface area contributed by atoms with Crippen LogP contribution >= 0.6 is 0 Å². The number of anilines is 1. The average molecular weight is 298 g/mol. The molecule has 2 rings (SSSR count). The Bertz CT molecular complexity index is 524. The number of hydrogen-bond donors (Lipinski definition) is 1. The maximum absolute atomic E-state index is 13.9. The van der Waals surface area contributed by atoms with Crippen molar-refractivity contribution in [3.05, 3.63) is 28.1 Å². The highest BCUT2D eigenvalue weighted by molar-refractivity contribution is 5.59. The standard InChI is InChI=1S/C14H19FN2O4/c1-3-13-9(4-5-21-13)8-16-11-7-14(20-2)12(17(18)19)6-10(11)15/h6-7,9,13,16H,3-5,8H2,1-2H3. The minimum Gasteiger partial charge on any atom is -0.490 e. The molecule has 1 heterocycles. The van der Waals surface area contributed by atoms with Crippen molar-refractivity contribution in [3.63, 3.8) is 0 Å². The first-order chi connectivity index (χ1) is 10.1. The third kappa shape index (κ3) is 3.41. The number of nitro benzene ring substituents is 1. The normalized spacial score (nSPS) is 21.3. The first-order valence-corrected chi connectivity index (χ1v) is 6.94. The minimum atomic E-state index is -0.663. The van der Waals surface area contributed by atoms with Gasteiger partial charge in [-0.2, -0.15) is 0 Å². The van der Waals surface area contributed by atoms with Crippen LogP contribution in [0.25, 0.3) is 0 Å². The van der Waals surface area contributed by atoms with Crippen LogP contribution in [0.2, 0.25) is 0 Å². The van der Waals surface area contributed by atoms with Gasteiger partial charge in [0, 0.05) is 25.1 Å². The second kappa shape index (κ2) is 6.71. The molecule has 0 radical (unpaired) electrons. The number of nitro groups is 1. The summed E-state index contributed by atoms with van der Waals surface area (Å²) in [5, 5.41) is 13.8. The van der Waals surface area contributed by atoms with E-state index in [0.29, 0.717) is 12.5 Å². The van der Waals surface area contributed by atoms with Crippen molar-refractivity contribution in [3.8, 4) is 5.75 Å². The van der Waals surface area contributed by atoms with Crippen molar-refractivity contribution in [2.45, 2.75) is 25.9 Å². The van der Waals surface area contributed by atoms with Gasteiger partial charge in [0.25, 0.3) is 0 Å². The van der Waals surface area contributed by atoms with E-state index in [-0.39, 0.29) is 23.2 Å². The lowest BCUT2D eigenvalue weighted by molar-refractivity contribution is -0.385. The molecule has 1 aliphatic rings. The third-order valence-corrected chi connectivity index (χ3v) is 3.77. The van der Waals surface area contributed by atoms with Crippen LogP contribution in [0.4, 0.5) is 15.8 Å². The summed E-state index contributed by atoms with van der Waals surface area (Å²) in [5.74, 6) is -0.302. The summed E-state index contributed by atoms with van der Waals surface area (Å²) in [6.07, 6.45) is 2.02. The largest absolute Gasteiger partial charge is 0.490 e. The lowest BCUT2D eigenvalue weighted by atomic mass is 9.99. The van der Waals surface area contributed by atoms with Gasteiger partial charge in [-0.25, -0.2) is 4.39 Å². The highest BCUT2D eigenvalue weighted by Gasteiger charge is 2.27. The smallest absolute Gasteiger partial charge is 0.313 e. The van der Waals surface area contributed by atoms with E-state index in [4.69, 9.17) is 9.47 Å². The molecule has 1 N–H and O–H groups in total. The molecule has 1 saturated heterocycles. The summed E-state index contributed by atoms with van der Waals surface area (Å²) in [6, 6.07) is 2.20. The van der Waals surface area contributed by atoms with Gasteiger partial charge in [0.2, 0.25) is 0 Å². The van der Waals surface area contributed by atoms with Gasteiger partial charge >= 0.3 is 5.69 Å². The first kappa shape index (κ1) is 15.5. The van der Waals surface area contributed by atoms with Gasteiger partial charge in [-0.1, -0.05) is 6.92 Å². The molecule has 7 heteroatoms. The Labute approximate surface area is 122 Å². The second-order valence-corrected chi connectivity index (χ2v) is 5.01. The fourth-order valence-electron chi connectivity index (χ4n) is 2.60. The van der Waals surface area contributed by atoms with Gasteiger partial charge in [-0.3, -0.25) is 10.1 Å². The molecule has 2 unspecified atom stereocenters. The zero-order valence-corrected chi connectivity index (χ0v) is 12.1. The second-order valence-electron chi connectivity index (χ2n) is 5.01. The number of methoxy groups -OCH3 is 1. The zero-order chi connectivity index (χ0) is 15.4. The number of hydrogen-bond acceptors (Lipinski definition) is 5. The topological polar surface area (TPSA) is 73.6 Å². The van der Waals surface area contributed by atoms with Crippen LogP contribution in [0.3, 0.4) is 0 Å². The summed E-state index contributed by atoms with van der Waals surface area (Å²) in [4.78, 5) is 10.2. The van der Waals surface area contributed by atoms with E-state index in [9.17, 15) is 14.5 Å². The minimum absolute atomic E-state index is 0.0404. The van der Waals surface area contributed by atoms with Crippen LogP contribution in [-0.4, -0.2) is 31.3 Å². The summed E-state index contributed by atoms with van der Waals surface area (Å²) in [7, 11) is 1.32. The van der Waals surface area contributed by atoms with Gasteiger partial charge in [0.05, 0.1) is 29.9 Å². The highest BCUT2D eigenvalue weighted by atomic mass is 19.1. The molecule has 0 amide bonds. The van der Waals surface area contributed by atoms with E-state index in [0.717, 1.165) is 25.5 Å². The molecule has 0 spiro atoms. The van der Waals surface area contributed by atoms with Gasteiger partial charge in [0.15, 0.2) is 11.6 Å². The predicted octanol–water partition coefficient (Wildman–Crippen LogP) is 2.97. The molecule has 1 fully saturated rings. The number of nitrogens with one attached hydrogen (secondary N) is 1. The van der Waals surface area contributed by atoms with Crippen LogP contribution < -0.4 is 10.1 Å². The maximum atomic E-state index is 13.9.